The molecule has 0 radical (unpaired) electrons. The average molecular weight is 519 g/mol. The van der Waals surface area contributed by atoms with Gasteiger partial charge in [-0.25, -0.2) is 8.78 Å². The molecule has 4 atom stereocenters. The number of thioether (sulfide) groups is 1. The molecular weight excluding hydrogens is 474 g/mol. The maximum atomic E-state index is 15.0. The van der Waals surface area contributed by atoms with Crippen LogP contribution in [0.5, 0.6) is 0 Å². The number of amides is 1. The highest BCUT2D eigenvalue weighted by atomic mass is 32.2. The van der Waals surface area contributed by atoms with Gasteiger partial charge in [0, 0.05) is 42.7 Å². The first-order valence-electron chi connectivity index (χ1n) is 14.1. The van der Waals surface area contributed by atoms with Crippen LogP contribution in [0.3, 0.4) is 0 Å². The number of halogens is 2. The van der Waals surface area contributed by atoms with E-state index in [1.54, 1.807) is 6.07 Å². The molecule has 2 bridgehead atoms. The molecule has 4 fully saturated rings. The summed E-state index contributed by atoms with van der Waals surface area (Å²) in [6.07, 6.45) is 13.5. The standard InChI is InChI=1S/C30H44F2N2OS/c1-29(2,3)33-17-25(24-13-10-21(31)14-27(24)32)26(18-33)28(35)34-22-11-12-23(34)16-30(15-22,19-36-4)20-8-6-5-7-9-20/h10,13-14,20,22-23,25-26H,5-9,11-12,15-19H2,1-4H3/t22?,23?,25-,26?,30?/m0/s1. The lowest BCUT2D eigenvalue weighted by molar-refractivity contribution is -0.143. The first kappa shape index (κ1) is 26.5. The number of rotatable bonds is 5. The number of fused-ring (bicyclic) bond motifs is 2. The Labute approximate surface area is 220 Å². The molecule has 1 aromatic carbocycles. The van der Waals surface area contributed by atoms with Crippen molar-refractivity contribution >= 4 is 17.7 Å². The van der Waals surface area contributed by atoms with Crippen LogP contribution in [-0.2, 0) is 4.79 Å². The highest BCUT2D eigenvalue weighted by molar-refractivity contribution is 7.98. The SMILES string of the molecule is CSCC1(C2CCCCC2)CC2CCC(C1)N2C(=O)C1CN(C(C)(C)C)C[C@H]1c1ccc(F)cc1F. The van der Waals surface area contributed by atoms with Gasteiger partial charge in [0.25, 0.3) is 0 Å². The lowest BCUT2D eigenvalue weighted by atomic mass is 9.63. The minimum atomic E-state index is -0.563. The Morgan fingerprint density at radius 2 is 1.69 bits per heavy atom. The van der Waals surface area contributed by atoms with Crippen molar-refractivity contribution in [1.29, 1.82) is 0 Å². The average Bonchev–Trinajstić information content (AvgIpc) is 3.39. The summed E-state index contributed by atoms with van der Waals surface area (Å²) in [5.74, 6) is 0.602. The van der Waals surface area contributed by atoms with Crippen LogP contribution in [0.25, 0.3) is 0 Å². The first-order chi connectivity index (χ1) is 17.1. The Hall–Kier alpha value is -1.14. The van der Waals surface area contributed by atoms with Crippen molar-refractivity contribution in [3.63, 3.8) is 0 Å². The monoisotopic (exact) mass is 518 g/mol. The largest absolute Gasteiger partial charge is 0.336 e. The van der Waals surface area contributed by atoms with E-state index in [9.17, 15) is 13.6 Å². The minimum Gasteiger partial charge on any atom is -0.336 e. The molecule has 6 heteroatoms. The maximum absolute atomic E-state index is 15.0. The van der Waals surface area contributed by atoms with Crippen molar-refractivity contribution in [3.8, 4) is 0 Å². The van der Waals surface area contributed by atoms with E-state index in [2.05, 4.69) is 36.8 Å². The quantitative estimate of drug-likeness (QED) is 0.425. The van der Waals surface area contributed by atoms with Crippen molar-refractivity contribution in [2.24, 2.45) is 17.3 Å². The van der Waals surface area contributed by atoms with Crippen LogP contribution < -0.4 is 0 Å². The Balaban J connectivity index is 1.41. The van der Waals surface area contributed by atoms with Crippen molar-refractivity contribution in [2.75, 3.05) is 25.1 Å². The summed E-state index contributed by atoms with van der Waals surface area (Å²) in [5, 5.41) is 0. The molecule has 0 aromatic heterocycles. The van der Waals surface area contributed by atoms with Gasteiger partial charge in [-0.2, -0.15) is 11.8 Å². The lowest BCUT2D eigenvalue weighted by Gasteiger charge is -2.52. The molecule has 1 saturated carbocycles. The fourth-order valence-corrected chi connectivity index (χ4v) is 9.27. The lowest BCUT2D eigenvalue weighted by Crippen LogP contribution is -2.55. The number of carbonyl (C=O) groups excluding carboxylic acids is 1. The molecule has 200 valence electrons. The van der Waals surface area contributed by atoms with Gasteiger partial charge in [0.1, 0.15) is 11.6 Å². The van der Waals surface area contributed by atoms with Gasteiger partial charge in [0.2, 0.25) is 5.91 Å². The summed E-state index contributed by atoms with van der Waals surface area (Å²) in [7, 11) is 0. The molecule has 3 aliphatic heterocycles. The van der Waals surface area contributed by atoms with Crippen LogP contribution in [0.15, 0.2) is 18.2 Å². The minimum absolute atomic E-state index is 0.112. The van der Waals surface area contributed by atoms with Gasteiger partial charge < -0.3 is 4.90 Å². The van der Waals surface area contributed by atoms with E-state index in [1.165, 1.54) is 43.9 Å². The van der Waals surface area contributed by atoms with Crippen LogP contribution in [0, 0.1) is 28.9 Å². The zero-order chi connectivity index (χ0) is 25.7. The molecule has 1 aromatic rings. The summed E-state index contributed by atoms with van der Waals surface area (Å²) in [6, 6.07) is 4.51. The number of likely N-dealkylation sites (tertiary alicyclic amines) is 1. The first-order valence-corrected chi connectivity index (χ1v) is 15.5. The molecule has 3 saturated heterocycles. The van der Waals surface area contributed by atoms with Crippen LogP contribution in [-0.4, -0.2) is 58.4 Å². The van der Waals surface area contributed by atoms with E-state index in [0.29, 0.717) is 36.2 Å². The fourth-order valence-electron chi connectivity index (χ4n) is 8.23. The topological polar surface area (TPSA) is 23.6 Å². The zero-order valence-corrected chi connectivity index (χ0v) is 23.4. The normalized spacial score (nSPS) is 33.9. The third-order valence-electron chi connectivity index (χ3n) is 10.0. The van der Waals surface area contributed by atoms with Crippen LogP contribution in [0.2, 0.25) is 0 Å². The highest BCUT2D eigenvalue weighted by Crippen LogP contribution is 2.55. The summed E-state index contributed by atoms with van der Waals surface area (Å²) in [5.41, 5.74) is 0.738. The molecule has 1 aliphatic carbocycles. The number of hydrogen-bond acceptors (Lipinski definition) is 3. The summed E-state index contributed by atoms with van der Waals surface area (Å²) < 4.78 is 28.7. The van der Waals surface area contributed by atoms with E-state index in [-0.39, 0.29) is 23.3 Å². The van der Waals surface area contributed by atoms with Crippen LogP contribution in [0.4, 0.5) is 8.78 Å². The van der Waals surface area contributed by atoms with Crippen molar-refractivity contribution in [3.05, 3.63) is 35.4 Å². The molecule has 36 heavy (non-hydrogen) atoms. The molecule has 4 aliphatic rings. The fraction of sp³-hybridized carbons (Fsp3) is 0.767. The van der Waals surface area contributed by atoms with Gasteiger partial charge in [-0.3, -0.25) is 9.69 Å². The second kappa shape index (κ2) is 10.2. The van der Waals surface area contributed by atoms with E-state index < -0.39 is 11.6 Å². The third-order valence-corrected chi connectivity index (χ3v) is 10.9. The number of nitrogens with zero attached hydrogens (tertiary/aromatic N) is 2. The van der Waals surface area contributed by atoms with Crippen molar-refractivity contribution in [2.45, 2.75) is 102 Å². The van der Waals surface area contributed by atoms with E-state index in [4.69, 9.17) is 0 Å². The van der Waals surface area contributed by atoms with E-state index >= 15 is 0 Å². The Morgan fingerprint density at radius 1 is 1.03 bits per heavy atom. The summed E-state index contributed by atoms with van der Waals surface area (Å²) in [6.45, 7) is 7.73. The molecule has 5 rings (SSSR count). The second-order valence-electron chi connectivity index (χ2n) is 13.1. The zero-order valence-electron chi connectivity index (χ0n) is 22.6. The number of carbonyl (C=O) groups is 1. The van der Waals surface area contributed by atoms with Crippen molar-refractivity contribution in [1.82, 2.24) is 9.80 Å². The Morgan fingerprint density at radius 3 is 2.28 bits per heavy atom. The van der Waals surface area contributed by atoms with Crippen LogP contribution >= 0.6 is 11.8 Å². The van der Waals surface area contributed by atoms with Crippen molar-refractivity contribution < 1.29 is 13.6 Å². The summed E-state index contributed by atoms with van der Waals surface area (Å²) >= 11 is 1.99. The van der Waals surface area contributed by atoms with Gasteiger partial charge in [0.05, 0.1) is 5.92 Å². The molecule has 3 unspecified atom stereocenters. The number of hydrogen-bond donors (Lipinski definition) is 0. The molecule has 1 amide bonds. The van der Waals surface area contributed by atoms with E-state index in [0.717, 1.165) is 37.7 Å². The predicted octanol–water partition coefficient (Wildman–Crippen LogP) is 6.86. The molecule has 3 heterocycles. The van der Waals surface area contributed by atoms with E-state index in [1.807, 2.05) is 11.8 Å². The summed E-state index contributed by atoms with van der Waals surface area (Å²) in [4.78, 5) is 18.9. The predicted molar refractivity (Wildman–Crippen MR) is 144 cm³/mol. The Bertz CT molecular complexity index is 943. The van der Waals surface area contributed by atoms with Gasteiger partial charge in [-0.1, -0.05) is 25.3 Å². The molecular formula is C30H44F2N2OS. The second-order valence-corrected chi connectivity index (χ2v) is 14.0. The smallest absolute Gasteiger partial charge is 0.228 e. The molecule has 3 nitrogen and oxygen atoms in total. The van der Waals surface area contributed by atoms with Gasteiger partial charge in [0.15, 0.2) is 0 Å². The third kappa shape index (κ3) is 4.86. The number of benzene rings is 1. The highest BCUT2D eigenvalue weighted by Gasteiger charge is 2.55. The number of piperidine rings is 1. The van der Waals surface area contributed by atoms with Gasteiger partial charge >= 0.3 is 0 Å². The molecule has 0 N–H and O–H groups in total. The van der Waals surface area contributed by atoms with Gasteiger partial charge in [-0.15, -0.1) is 0 Å². The molecule has 0 spiro atoms. The van der Waals surface area contributed by atoms with Gasteiger partial charge in [-0.05, 0) is 94.3 Å². The Kier molecular flexibility index (Phi) is 7.50. The van der Waals surface area contributed by atoms with Crippen LogP contribution in [0.1, 0.15) is 90.0 Å². The maximum Gasteiger partial charge on any atom is 0.228 e.